The summed E-state index contributed by atoms with van der Waals surface area (Å²) in [6, 6.07) is 0. The van der Waals surface area contributed by atoms with E-state index in [2.05, 4.69) is 0 Å². The van der Waals surface area contributed by atoms with E-state index in [1.807, 2.05) is 0 Å². The molecule has 19 heavy (non-hydrogen) atoms. The van der Waals surface area contributed by atoms with Crippen molar-refractivity contribution in [3.05, 3.63) is 0 Å². The van der Waals surface area contributed by atoms with Gasteiger partial charge in [-0.05, 0) is 26.7 Å². The second-order valence-corrected chi connectivity index (χ2v) is 6.54. The van der Waals surface area contributed by atoms with Crippen molar-refractivity contribution < 1.29 is 28.6 Å². The summed E-state index contributed by atoms with van der Waals surface area (Å²) >= 11 is 0. The van der Waals surface area contributed by atoms with Crippen LogP contribution in [0, 0.1) is 0 Å². The first kappa shape index (κ1) is 19.0. The van der Waals surface area contributed by atoms with Crippen LogP contribution >= 0.6 is 7.60 Å². The van der Waals surface area contributed by atoms with Crippen molar-refractivity contribution in [1.82, 2.24) is 0 Å². The first-order valence-corrected chi connectivity index (χ1v) is 8.70. The lowest BCUT2D eigenvalue weighted by molar-refractivity contribution is -0.145. The highest BCUT2D eigenvalue weighted by atomic mass is 31.2. The van der Waals surface area contributed by atoms with Crippen LogP contribution in [0.5, 0.6) is 0 Å². The fraction of sp³-hybridized carbons (Fsp3) is 1.00. The second kappa shape index (κ2) is 10.8. The van der Waals surface area contributed by atoms with Gasteiger partial charge < -0.3 is 24.0 Å². The van der Waals surface area contributed by atoms with Crippen molar-refractivity contribution in [2.45, 2.75) is 51.9 Å². The molecule has 3 unspecified atom stereocenters. The molecule has 0 bridgehead atoms. The van der Waals surface area contributed by atoms with E-state index in [9.17, 15) is 4.57 Å². The lowest BCUT2D eigenvalue weighted by atomic mass is 10.2. The fourth-order valence-electron chi connectivity index (χ4n) is 1.36. The lowest BCUT2D eigenvalue weighted by Crippen LogP contribution is -2.20. The summed E-state index contributed by atoms with van der Waals surface area (Å²) in [6.07, 6.45) is 2.81. The number of rotatable bonds is 12. The van der Waals surface area contributed by atoms with Crippen LogP contribution in [0.4, 0.5) is 0 Å². The van der Waals surface area contributed by atoms with Crippen molar-refractivity contribution in [3.63, 3.8) is 0 Å². The maximum Gasteiger partial charge on any atom is 0.325 e. The van der Waals surface area contributed by atoms with Gasteiger partial charge in [-0.2, -0.15) is 0 Å². The van der Waals surface area contributed by atoms with E-state index in [1.54, 1.807) is 13.8 Å². The molecule has 0 spiro atoms. The van der Waals surface area contributed by atoms with E-state index >= 15 is 0 Å². The third kappa shape index (κ3) is 16.0. The van der Waals surface area contributed by atoms with Gasteiger partial charge in [0.05, 0.1) is 19.3 Å². The molecule has 0 radical (unpaired) electrons. The number of aliphatic hydroxyl groups excluding tert-OH is 1. The molecule has 0 aliphatic rings. The molecular weight excluding hydrogens is 271 g/mol. The first-order valence-electron chi connectivity index (χ1n) is 6.67. The van der Waals surface area contributed by atoms with E-state index in [-0.39, 0.29) is 12.9 Å². The van der Waals surface area contributed by atoms with Crippen LogP contribution < -0.4 is 0 Å². The topological polar surface area (TPSA) is 85.2 Å². The monoisotopic (exact) mass is 298 g/mol. The molecule has 0 aromatic carbocycles. The smallest absolute Gasteiger partial charge is 0.325 e. The summed E-state index contributed by atoms with van der Waals surface area (Å²) in [4.78, 5) is 8.89. The van der Waals surface area contributed by atoms with E-state index in [4.69, 9.17) is 24.0 Å². The Labute approximate surface area is 115 Å². The third-order valence-electron chi connectivity index (χ3n) is 2.29. The number of hydrogen-bond donors (Lipinski definition) is 2. The molecule has 0 aliphatic carbocycles. The fourth-order valence-corrected chi connectivity index (χ4v) is 1.83. The van der Waals surface area contributed by atoms with Crippen LogP contribution in [-0.2, 0) is 18.6 Å². The summed E-state index contributed by atoms with van der Waals surface area (Å²) in [5.41, 5.74) is 0. The Morgan fingerprint density at radius 1 is 1.05 bits per heavy atom. The molecule has 116 valence electrons. The van der Waals surface area contributed by atoms with Gasteiger partial charge in [-0.15, -0.1) is 0 Å². The van der Waals surface area contributed by atoms with Crippen molar-refractivity contribution in [3.8, 4) is 0 Å². The summed E-state index contributed by atoms with van der Waals surface area (Å²) in [5.74, 6) is 0. The Kier molecular flexibility index (Phi) is 10.8. The van der Waals surface area contributed by atoms with E-state index in [1.165, 1.54) is 6.66 Å². The SMILES string of the molecule is CC(O)COC(C)OCCCCCCOP(C)(=O)O. The normalized spacial score (nSPS) is 17.9. The molecule has 0 aliphatic heterocycles. The maximum absolute atomic E-state index is 10.8. The molecule has 0 aromatic heterocycles. The van der Waals surface area contributed by atoms with Crippen molar-refractivity contribution in [2.75, 3.05) is 26.5 Å². The molecule has 0 saturated heterocycles. The van der Waals surface area contributed by atoms with Gasteiger partial charge in [0.15, 0.2) is 6.29 Å². The van der Waals surface area contributed by atoms with Crippen LogP contribution in [-0.4, -0.2) is 48.9 Å². The number of hydrogen-bond acceptors (Lipinski definition) is 5. The highest BCUT2D eigenvalue weighted by molar-refractivity contribution is 7.51. The Morgan fingerprint density at radius 2 is 1.63 bits per heavy atom. The molecule has 2 N–H and O–H groups in total. The predicted molar refractivity (Wildman–Crippen MR) is 73.2 cm³/mol. The highest BCUT2D eigenvalue weighted by Gasteiger charge is 2.08. The molecule has 0 heterocycles. The zero-order valence-electron chi connectivity index (χ0n) is 12.1. The van der Waals surface area contributed by atoms with E-state index in [0.29, 0.717) is 13.2 Å². The van der Waals surface area contributed by atoms with Crippen LogP contribution in [0.15, 0.2) is 0 Å². The van der Waals surface area contributed by atoms with Gasteiger partial charge in [0.1, 0.15) is 0 Å². The maximum atomic E-state index is 10.8. The van der Waals surface area contributed by atoms with Gasteiger partial charge in [-0.25, -0.2) is 0 Å². The molecule has 0 amide bonds. The van der Waals surface area contributed by atoms with Gasteiger partial charge >= 0.3 is 7.60 Å². The molecule has 6 nitrogen and oxygen atoms in total. The Balaban J connectivity index is 3.24. The minimum atomic E-state index is -3.32. The zero-order valence-corrected chi connectivity index (χ0v) is 13.0. The highest BCUT2D eigenvalue weighted by Crippen LogP contribution is 2.36. The van der Waals surface area contributed by atoms with Crippen molar-refractivity contribution in [1.29, 1.82) is 0 Å². The molecular formula is C12H27O6P. The Morgan fingerprint density at radius 3 is 2.16 bits per heavy atom. The van der Waals surface area contributed by atoms with Gasteiger partial charge in [0.2, 0.25) is 0 Å². The van der Waals surface area contributed by atoms with Crippen LogP contribution in [0.3, 0.4) is 0 Å². The molecule has 0 saturated carbocycles. The Bertz CT molecular complexity index is 253. The second-order valence-electron chi connectivity index (χ2n) is 4.67. The number of ether oxygens (including phenoxy) is 2. The van der Waals surface area contributed by atoms with Crippen LogP contribution in [0.25, 0.3) is 0 Å². The zero-order chi connectivity index (χ0) is 14.7. The average molecular weight is 298 g/mol. The number of unbranched alkanes of at least 4 members (excludes halogenated alkanes) is 3. The standard InChI is InChI=1S/C12H27O6P/c1-11(13)10-17-12(2)16-8-6-4-5-7-9-18-19(3,14)15/h11-13H,4-10H2,1-3H3,(H,14,15). The van der Waals surface area contributed by atoms with Crippen LogP contribution in [0.1, 0.15) is 39.5 Å². The molecule has 3 atom stereocenters. The largest absolute Gasteiger partial charge is 0.391 e. The molecule has 0 fully saturated rings. The summed E-state index contributed by atoms with van der Waals surface area (Å²) < 4.78 is 26.2. The van der Waals surface area contributed by atoms with Gasteiger partial charge in [-0.1, -0.05) is 12.8 Å². The number of aliphatic hydroxyl groups is 1. The van der Waals surface area contributed by atoms with Crippen LogP contribution in [0.2, 0.25) is 0 Å². The molecule has 0 rings (SSSR count). The average Bonchev–Trinajstić information content (AvgIpc) is 2.28. The summed E-state index contributed by atoms with van der Waals surface area (Å²) in [5, 5.41) is 9.02. The predicted octanol–water partition coefficient (Wildman–Crippen LogP) is 2.14. The third-order valence-corrected chi connectivity index (χ3v) is 2.96. The summed E-state index contributed by atoms with van der Waals surface area (Å²) in [7, 11) is -3.32. The Hall–Kier alpha value is 0.0300. The van der Waals surface area contributed by atoms with Crippen molar-refractivity contribution in [2.24, 2.45) is 0 Å². The quantitative estimate of drug-likeness (QED) is 0.326. The molecule has 7 heteroatoms. The summed E-state index contributed by atoms with van der Waals surface area (Å²) in [6.45, 7) is 5.85. The first-order chi connectivity index (χ1) is 8.81. The van der Waals surface area contributed by atoms with Gasteiger partial charge in [0, 0.05) is 13.3 Å². The van der Waals surface area contributed by atoms with Gasteiger partial charge in [-0.3, -0.25) is 4.57 Å². The van der Waals surface area contributed by atoms with Crippen molar-refractivity contribution >= 4 is 7.60 Å². The molecule has 0 aromatic rings. The van der Waals surface area contributed by atoms with Gasteiger partial charge in [0.25, 0.3) is 0 Å². The minimum Gasteiger partial charge on any atom is -0.391 e. The minimum absolute atomic E-state index is 0.275. The van der Waals surface area contributed by atoms with E-state index < -0.39 is 13.7 Å². The van der Waals surface area contributed by atoms with E-state index in [0.717, 1.165) is 25.7 Å². The lowest BCUT2D eigenvalue weighted by Gasteiger charge is -2.15.